The van der Waals surface area contributed by atoms with Gasteiger partial charge in [-0.15, -0.1) is 11.3 Å². The molecule has 2 aromatic carbocycles. The molecule has 4 heteroatoms. The lowest BCUT2D eigenvalue weighted by molar-refractivity contribution is 0.474. The van der Waals surface area contributed by atoms with Crippen LogP contribution in [0.1, 0.15) is 18.5 Å². The van der Waals surface area contributed by atoms with Gasteiger partial charge in [0.25, 0.3) is 0 Å². The number of phenolic OH excluding ortho intramolecular Hbond substituents is 1. The lowest BCUT2D eigenvalue weighted by Gasteiger charge is -2.16. The maximum absolute atomic E-state index is 9.51. The number of thiazole rings is 1. The van der Waals surface area contributed by atoms with Crippen molar-refractivity contribution in [2.45, 2.75) is 13.0 Å². The number of nitrogens with zero attached hydrogens (tertiary/aromatic N) is 1. The lowest BCUT2D eigenvalue weighted by Crippen LogP contribution is -2.06. The summed E-state index contributed by atoms with van der Waals surface area (Å²) in [7, 11) is 0. The minimum absolute atomic E-state index is 0.137. The van der Waals surface area contributed by atoms with Crippen LogP contribution in [0, 0.1) is 0 Å². The Hall–Kier alpha value is -2.07. The van der Waals surface area contributed by atoms with Crippen molar-refractivity contribution < 1.29 is 5.11 Å². The second kappa shape index (κ2) is 4.90. The summed E-state index contributed by atoms with van der Waals surface area (Å²) in [5.74, 6) is 0.295. The zero-order valence-corrected chi connectivity index (χ0v) is 11.3. The molecule has 0 bridgehead atoms. The number of anilines is 1. The van der Waals surface area contributed by atoms with Gasteiger partial charge >= 0.3 is 0 Å². The molecule has 0 aliphatic heterocycles. The van der Waals surface area contributed by atoms with Gasteiger partial charge in [-0.2, -0.15) is 0 Å². The van der Waals surface area contributed by atoms with Crippen LogP contribution < -0.4 is 5.32 Å². The van der Waals surface area contributed by atoms with Gasteiger partial charge in [0.1, 0.15) is 5.75 Å². The molecule has 0 saturated heterocycles. The summed E-state index contributed by atoms with van der Waals surface area (Å²) >= 11 is 1.64. The Morgan fingerprint density at radius 3 is 2.95 bits per heavy atom. The molecule has 19 heavy (non-hydrogen) atoms. The summed E-state index contributed by atoms with van der Waals surface area (Å²) in [5, 5.41) is 12.9. The van der Waals surface area contributed by atoms with Crippen molar-refractivity contribution in [3.63, 3.8) is 0 Å². The van der Waals surface area contributed by atoms with Gasteiger partial charge < -0.3 is 10.4 Å². The minimum Gasteiger partial charge on any atom is -0.508 e. The van der Waals surface area contributed by atoms with Gasteiger partial charge in [0.15, 0.2) is 0 Å². The first-order chi connectivity index (χ1) is 9.22. The van der Waals surface area contributed by atoms with Crippen molar-refractivity contribution in [3.05, 3.63) is 53.5 Å². The van der Waals surface area contributed by atoms with Gasteiger partial charge in [0.2, 0.25) is 0 Å². The van der Waals surface area contributed by atoms with Crippen molar-refractivity contribution in [1.82, 2.24) is 4.98 Å². The first-order valence-electron chi connectivity index (χ1n) is 6.11. The summed E-state index contributed by atoms with van der Waals surface area (Å²) in [6, 6.07) is 13.6. The van der Waals surface area contributed by atoms with Crippen molar-refractivity contribution in [2.24, 2.45) is 0 Å². The fourth-order valence-electron chi connectivity index (χ4n) is 2.07. The van der Waals surface area contributed by atoms with E-state index in [1.54, 1.807) is 23.5 Å². The number of aromatic hydroxyl groups is 1. The molecular formula is C15H14N2OS. The molecule has 3 aromatic rings. The van der Waals surface area contributed by atoms with Crippen LogP contribution in [0.25, 0.3) is 10.2 Å². The SMILES string of the molecule is CC(Nc1ccc2ncsc2c1)c1cccc(O)c1. The molecule has 0 aliphatic carbocycles. The van der Waals surface area contributed by atoms with Crippen LogP contribution in [-0.4, -0.2) is 10.1 Å². The zero-order valence-electron chi connectivity index (χ0n) is 10.5. The third-order valence-electron chi connectivity index (χ3n) is 3.08. The number of rotatable bonds is 3. The van der Waals surface area contributed by atoms with Crippen LogP contribution in [-0.2, 0) is 0 Å². The summed E-state index contributed by atoms with van der Waals surface area (Å²) in [6.45, 7) is 2.08. The molecule has 0 spiro atoms. The van der Waals surface area contributed by atoms with Gasteiger partial charge in [-0.25, -0.2) is 4.98 Å². The number of hydrogen-bond acceptors (Lipinski definition) is 4. The predicted molar refractivity (Wildman–Crippen MR) is 79.8 cm³/mol. The molecule has 1 atom stereocenters. The number of hydrogen-bond donors (Lipinski definition) is 2. The standard InChI is InChI=1S/C15H14N2OS/c1-10(11-3-2-4-13(18)7-11)17-12-5-6-14-15(8-12)19-9-16-14/h2-10,17-18H,1H3. The molecule has 1 aromatic heterocycles. The minimum atomic E-state index is 0.137. The molecule has 0 radical (unpaired) electrons. The van der Waals surface area contributed by atoms with E-state index in [-0.39, 0.29) is 6.04 Å². The molecule has 3 nitrogen and oxygen atoms in total. The normalized spacial score (nSPS) is 12.5. The summed E-state index contributed by atoms with van der Waals surface area (Å²) in [5.41, 5.74) is 5.00. The number of benzene rings is 2. The largest absolute Gasteiger partial charge is 0.508 e. The lowest BCUT2D eigenvalue weighted by atomic mass is 10.1. The third kappa shape index (κ3) is 2.53. The molecule has 1 heterocycles. The Morgan fingerprint density at radius 2 is 2.11 bits per heavy atom. The average molecular weight is 270 g/mol. The van der Waals surface area contributed by atoms with Crippen molar-refractivity contribution in [1.29, 1.82) is 0 Å². The van der Waals surface area contributed by atoms with Crippen LogP contribution in [0.3, 0.4) is 0 Å². The van der Waals surface area contributed by atoms with Crippen LogP contribution >= 0.6 is 11.3 Å². The van der Waals surface area contributed by atoms with E-state index in [0.29, 0.717) is 5.75 Å². The van der Waals surface area contributed by atoms with E-state index in [9.17, 15) is 5.11 Å². The number of nitrogens with one attached hydrogen (secondary N) is 1. The highest BCUT2D eigenvalue weighted by atomic mass is 32.1. The van der Waals surface area contributed by atoms with Crippen molar-refractivity contribution >= 4 is 27.2 Å². The van der Waals surface area contributed by atoms with E-state index in [1.165, 1.54) is 4.70 Å². The number of fused-ring (bicyclic) bond motifs is 1. The van der Waals surface area contributed by atoms with Crippen LogP contribution in [0.2, 0.25) is 0 Å². The van der Waals surface area contributed by atoms with Crippen LogP contribution in [0.4, 0.5) is 5.69 Å². The molecular weight excluding hydrogens is 256 g/mol. The molecule has 0 aliphatic rings. The first kappa shape index (κ1) is 12.0. The molecule has 96 valence electrons. The maximum Gasteiger partial charge on any atom is 0.115 e. The highest BCUT2D eigenvalue weighted by molar-refractivity contribution is 7.16. The Balaban J connectivity index is 1.83. The van der Waals surface area contributed by atoms with Crippen LogP contribution in [0.15, 0.2) is 48.0 Å². The monoisotopic (exact) mass is 270 g/mol. The zero-order chi connectivity index (χ0) is 13.2. The van der Waals surface area contributed by atoms with Gasteiger partial charge in [0.05, 0.1) is 15.7 Å². The molecule has 0 fully saturated rings. The summed E-state index contributed by atoms with van der Waals surface area (Å²) < 4.78 is 1.17. The van der Waals surface area contributed by atoms with E-state index < -0.39 is 0 Å². The highest BCUT2D eigenvalue weighted by Gasteiger charge is 2.06. The van der Waals surface area contributed by atoms with E-state index in [4.69, 9.17) is 0 Å². The third-order valence-corrected chi connectivity index (χ3v) is 3.88. The molecule has 2 N–H and O–H groups in total. The Bertz CT molecular complexity index is 708. The number of phenols is 1. The average Bonchev–Trinajstić information content (AvgIpc) is 2.86. The van der Waals surface area contributed by atoms with Crippen molar-refractivity contribution in [3.8, 4) is 5.75 Å². The van der Waals surface area contributed by atoms with Crippen molar-refractivity contribution in [2.75, 3.05) is 5.32 Å². The second-order valence-electron chi connectivity index (χ2n) is 4.50. The second-order valence-corrected chi connectivity index (χ2v) is 5.38. The highest BCUT2D eigenvalue weighted by Crippen LogP contribution is 2.26. The van der Waals surface area contributed by atoms with E-state index >= 15 is 0 Å². The topological polar surface area (TPSA) is 45.2 Å². The summed E-state index contributed by atoms with van der Waals surface area (Å²) in [6.07, 6.45) is 0. The van der Waals surface area contributed by atoms with E-state index in [1.807, 2.05) is 29.8 Å². The Morgan fingerprint density at radius 1 is 1.21 bits per heavy atom. The van der Waals surface area contributed by atoms with Crippen LogP contribution in [0.5, 0.6) is 5.75 Å². The van der Waals surface area contributed by atoms with Gasteiger partial charge in [-0.3, -0.25) is 0 Å². The summed E-state index contributed by atoms with van der Waals surface area (Å²) in [4.78, 5) is 4.27. The first-order valence-corrected chi connectivity index (χ1v) is 6.99. The van der Waals surface area contributed by atoms with Gasteiger partial charge in [-0.05, 0) is 42.8 Å². The van der Waals surface area contributed by atoms with E-state index in [2.05, 4.69) is 23.3 Å². The smallest absolute Gasteiger partial charge is 0.115 e. The number of aromatic nitrogens is 1. The molecule has 1 unspecified atom stereocenters. The Labute approximate surface area is 115 Å². The fourth-order valence-corrected chi connectivity index (χ4v) is 2.79. The fraction of sp³-hybridized carbons (Fsp3) is 0.133. The van der Waals surface area contributed by atoms with Gasteiger partial charge in [-0.1, -0.05) is 12.1 Å². The van der Waals surface area contributed by atoms with Gasteiger partial charge in [0, 0.05) is 11.7 Å². The molecule has 3 rings (SSSR count). The predicted octanol–water partition coefficient (Wildman–Crippen LogP) is 4.18. The quantitative estimate of drug-likeness (QED) is 0.750. The Kier molecular flexibility index (Phi) is 3.09. The molecule has 0 amide bonds. The molecule has 0 saturated carbocycles. The van der Waals surface area contributed by atoms with E-state index in [0.717, 1.165) is 16.8 Å². The maximum atomic E-state index is 9.51.